The number of hydrogen-bond acceptors (Lipinski definition) is 0. The van der Waals surface area contributed by atoms with Crippen molar-refractivity contribution in [2.45, 2.75) is 52.9 Å². The largest absolute Gasteiger partial charge is 0.103 e. The molecular formula is C24H30. The van der Waals surface area contributed by atoms with Crippen molar-refractivity contribution in [3.63, 3.8) is 0 Å². The second-order valence-electron chi connectivity index (χ2n) is 6.82. The summed E-state index contributed by atoms with van der Waals surface area (Å²) in [6.07, 6.45) is 11.9. The minimum Gasteiger partial charge on any atom is -0.103 e. The van der Waals surface area contributed by atoms with Crippen LogP contribution in [-0.4, -0.2) is 0 Å². The van der Waals surface area contributed by atoms with E-state index in [1.54, 1.807) is 0 Å². The summed E-state index contributed by atoms with van der Waals surface area (Å²) < 4.78 is 0. The highest BCUT2D eigenvalue weighted by molar-refractivity contribution is 5.74. The molecule has 1 aromatic carbocycles. The number of rotatable bonds is 5. The van der Waals surface area contributed by atoms with Gasteiger partial charge in [0.05, 0.1) is 0 Å². The normalized spacial score (nSPS) is 21.1. The zero-order valence-electron chi connectivity index (χ0n) is 15.4. The minimum absolute atomic E-state index is 0.526. The molecule has 0 aliphatic heterocycles. The van der Waals surface area contributed by atoms with Gasteiger partial charge in [-0.2, -0.15) is 0 Å². The third-order valence-corrected chi connectivity index (χ3v) is 4.74. The lowest BCUT2D eigenvalue weighted by Gasteiger charge is -2.06. The van der Waals surface area contributed by atoms with E-state index in [0.29, 0.717) is 11.8 Å². The number of allylic oxidation sites excluding steroid dienone is 5. The van der Waals surface area contributed by atoms with Crippen molar-refractivity contribution in [1.82, 2.24) is 0 Å². The Bertz CT molecular complexity index is 675. The molecule has 1 aliphatic rings. The van der Waals surface area contributed by atoms with Crippen LogP contribution in [0.1, 0.15) is 57.6 Å². The molecule has 0 spiro atoms. The van der Waals surface area contributed by atoms with Crippen molar-refractivity contribution in [2.24, 2.45) is 11.8 Å². The lowest BCUT2D eigenvalue weighted by atomic mass is 9.98. The van der Waals surface area contributed by atoms with E-state index in [0.717, 1.165) is 32.1 Å². The summed E-state index contributed by atoms with van der Waals surface area (Å²) in [5, 5.41) is 0. The van der Waals surface area contributed by atoms with Gasteiger partial charge < -0.3 is 0 Å². The predicted octanol–water partition coefficient (Wildman–Crippen LogP) is 6.59. The lowest BCUT2D eigenvalue weighted by molar-refractivity contribution is 0.519. The summed E-state index contributed by atoms with van der Waals surface area (Å²) in [5.41, 5.74) is 5.33. The highest BCUT2D eigenvalue weighted by atomic mass is 14.3. The molecule has 0 N–H and O–H groups in total. The fraction of sp³-hybridized carbons (Fsp3) is 0.417. The van der Waals surface area contributed by atoms with E-state index in [1.165, 1.54) is 22.3 Å². The van der Waals surface area contributed by atoms with Crippen LogP contribution in [0.4, 0.5) is 0 Å². The average Bonchev–Trinajstić information content (AvgIpc) is 2.90. The molecule has 1 fully saturated rings. The molecule has 2 atom stereocenters. The van der Waals surface area contributed by atoms with Gasteiger partial charge in [-0.25, -0.2) is 0 Å². The first kappa shape index (κ1) is 18.3. The Labute approximate surface area is 148 Å². The molecule has 1 saturated carbocycles. The van der Waals surface area contributed by atoms with Crippen LogP contribution in [0.3, 0.4) is 0 Å². The van der Waals surface area contributed by atoms with Crippen LogP contribution in [0.25, 0.3) is 5.57 Å². The average molecular weight is 319 g/mol. The first-order valence-electron chi connectivity index (χ1n) is 9.21. The summed E-state index contributed by atoms with van der Waals surface area (Å²) in [5.74, 6) is 8.08. The molecule has 1 aliphatic carbocycles. The highest BCUT2D eigenvalue weighted by Crippen LogP contribution is 2.33. The van der Waals surface area contributed by atoms with Gasteiger partial charge in [0.2, 0.25) is 0 Å². The Balaban J connectivity index is 1.96. The number of benzene rings is 1. The zero-order chi connectivity index (χ0) is 17.4. The first-order chi connectivity index (χ1) is 11.6. The Morgan fingerprint density at radius 3 is 2.83 bits per heavy atom. The molecule has 1 aromatic rings. The summed E-state index contributed by atoms with van der Waals surface area (Å²) in [6.45, 7) is 10.7. The Hall–Kier alpha value is -2.00. The lowest BCUT2D eigenvalue weighted by Crippen LogP contribution is -1.99. The third-order valence-electron chi connectivity index (χ3n) is 4.74. The molecule has 0 heterocycles. The van der Waals surface area contributed by atoms with Crippen molar-refractivity contribution in [3.05, 3.63) is 65.8 Å². The predicted molar refractivity (Wildman–Crippen MR) is 107 cm³/mol. The molecular weight excluding hydrogens is 288 g/mol. The van der Waals surface area contributed by atoms with Crippen molar-refractivity contribution < 1.29 is 0 Å². The van der Waals surface area contributed by atoms with Crippen LogP contribution in [0.5, 0.6) is 0 Å². The van der Waals surface area contributed by atoms with Crippen LogP contribution in [0.2, 0.25) is 0 Å². The molecule has 2 unspecified atom stereocenters. The second kappa shape index (κ2) is 9.33. The van der Waals surface area contributed by atoms with Gasteiger partial charge in [0.25, 0.3) is 0 Å². The quantitative estimate of drug-likeness (QED) is 0.326. The van der Waals surface area contributed by atoms with Gasteiger partial charge in [-0.3, -0.25) is 0 Å². The van der Waals surface area contributed by atoms with Crippen molar-refractivity contribution in [2.75, 3.05) is 0 Å². The number of aryl methyl sites for hydroxylation is 1. The van der Waals surface area contributed by atoms with E-state index in [2.05, 4.69) is 81.7 Å². The molecule has 2 rings (SSSR count). The fourth-order valence-corrected chi connectivity index (χ4v) is 3.31. The van der Waals surface area contributed by atoms with E-state index in [4.69, 9.17) is 0 Å². The minimum atomic E-state index is 0.526. The maximum Gasteiger partial charge on any atom is 0.0268 e. The maximum atomic E-state index is 4.11. The maximum absolute atomic E-state index is 4.11. The van der Waals surface area contributed by atoms with E-state index in [1.807, 2.05) is 0 Å². The van der Waals surface area contributed by atoms with E-state index in [-0.39, 0.29) is 0 Å². The Kier molecular flexibility index (Phi) is 7.13. The molecule has 0 aromatic heterocycles. The topological polar surface area (TPSA) is 0 Å². The fourth-order valence-electron chi connectivity index (χ4n) is 3.31. The summed E-state index contributed by atoms with van der Waals surface area (Å²) in [7, 11) is 0. The van der Waals surface area contributed by atoms with Gasteiger partial charge >= 0.3 is 0 Å². The van der Waals surface area contributed by atoms with Crippen LogP contribution in [0.15, 0.2) is 54.6 Å². The van der Waals surface area contributed by atoms with Crippen LogP contribution in [0, 0.1) is 23.7 Å². The van der Waals surface area contributed by atoms with Crippen molar-refractivity contribution in [3.8, 4) is 11.8 Å². The van der Waals surface area contributed by atoms with Crippen LogP contribution in [-0.2, 0) is 6.42 Å². The summed E-state index contributed by atoms with van der Waals surface area (Å²) in [6, 6.07) is 8.86. The van der Waals surface area contributed by atoms with Crippen molar-refractivity contribution >= 4 is 5.57 Å². The van der Waals surface area contributed by atoms with Gasteiger partial charge in [-0.15, -0.1) is 5.92 Å². The Morgan fingerprint density at radius 1 is 1.33 bits per heavy atom. The summed E-state index contributed by atoms with van der Waals surface area (Å²) in [4.78, 5) is 0. The van der Waals surface area contributed by atoms with Gasteiger partial charge in [-0.05, 0) is 55.2 Å². The summed E-state index contributed by atoms with van der Waals surface area (Å²) >= 11 is 0. The molecule has 0 saturated heterocycles. The van der Waals surface area contributed by atoms with E-state index >= 15 is 0 Å². The van der Waals surface area contributed by atoms with Gasteiger partial charge in [0.1, 0.15) is 0 Å². The van der Waals surface area contributed by atoms with Crippen LogP contribution >= 0.6 is 0 Å². The van der Waals surface area contributed by atoms with E-state index < -0.39 is 0 Å². The third kappa shape index (κ3) is 5.27. The van der Waals surface area contributed by atoms with Gasteiger partial charge in [-0.1, -0.05) is 74.4 Å². The monoisotopic (exact) mass is 318 g/mol. The van der Waals surface area contributed by atoms with Gasteiger partial charge in [0.15, 0.2) is 0 Å². The first-order valence-corrected chi connectivity index (χ1v) is 9.21. The molecule has 0 nitrogen and oxygen atoms in total. The SMILES string of the molecule is C=C1CC(C)C(C#CCCc2cccc(C(/C=C\CC)=C/C)c2)C1. The standard InChI is InChI=1S/C24H30/c1-5-7-13-22(6-2)24-15-10-12-21(18-24)11-8-9-14-23-17-19(3)16-20(23)4/h6-7,10,12-13,15,18,20,23H,3,5,8,11,16-17H2,1-2,4H3/b13-7-,22-6+. The van der Waals surface area contributed by atoms with E-state index in [9.17, 15) is 0 Å². The van der Waals surface area contributed by atoms with Gasteiger partial charge in [0, 0.05) is 12.3 Å². The highest BCUT2D eigenvalue weighted by Gasteiger charge is 2.23. The van der Waals surface area contributed by atoms with Crippen LogP contribution < -0.4 is 0 Å². The molecule has 24 heavy (non-hydrogen) atoms. The molecule has 0 radical (unpaired) electrons. The molecule has 0 amide bonds. The van der Waals surface area contributed by atoms with Crippen molar-refractivity contribution in [1.29, 1.82) is 0 Å². The second-order valence-corrected chi connectivity index (χ2v) is 6.82. The smallest absolute Gasteiger partial charge is 0.0268 e. The molecule has 0 bridgehead atoms. The number of hydrogen-bond donors (Lipinski definition) is 0. The Morgan fingerprint density at radius 2 is 2.17 bits per heavy atom. The zero-order valence-corrected chi connectivity index (χ0v) is 15.4. The molecule has 0 heteroatoms. The molecule has 126 valence electrons.